The molecule has 2 N–H and O–H groups in total. The van der Waals surface area contributed by atoms with Gasteiger partial charge < -0.3 is 25.6 Å². The SMILES string of the molecule is CCCN(CC1CC1)C(=O)/C(NC)=C1\CCCN(c2c(C)cc(C)cc2O)C1=[N-]. The van der Waals surface area contributed by atoms with E-state index in [9.17, 15) is 15.3 Å². The van der Waals surface area contributed by atoms with Gasteiger partial charge in [0.2, 0.25) is 0 Å². The molecule has 1 aromatic rings. The molecule has 6 heteroatoms. The molecule has 2 aliphatic rings. The Labute approximate surface area is 174 Å². The fourth-order valence-corrected chi connectivity index (χ4v) is 4.24. The van der Waals surface area contributed by atoms with Crippen LogP contribution in [0.3, 0.4) is 0 Å². The molecule has 0 aromatic heterocycles. The number of likely N-dealkylation sites (N-methyl/N-ethyl adjacent to an activating group) is 1. The Bertz CT molecular complexity index is 803. The van der Waals surface area contributed by atoms with Crippen molar-refractivity contribution in [2.75, 3.05) is 31.6 Å². The number of benzene rings is 1. The number of aromatic hydroxyl groups is 1. The van der Waals surface area contributed by atoms with Crippen molar-refractivity contribution in [1.82, 2.24) is 10.2 Å². The minimum Gasteiger partial charge on any atom is -0.508 e. The highest BCUT2D eigenvalue weighted by Gasteiger charge is 2.29. The lowest BCUT2D eigenvalue weighted by Gasteiger charge is -2.42. The van der Waals surface area contributed by atoms with Gasteiger partial charge in [0, 0.05) is 25.8 Å². The second-order valence-electron chi connectivity index (χ2n) is 8.33. The lowest BCUT2D eigenvalue weighted by atomic mass is 9.97. The maximum Gasteiger partial charge on any atom is 0.270 e. The summed E-state index contributed by atoms with van der Waals surface area (Å²) in [5, 5.41) is 24.7. The molecule has 1 saturated carbocycles. The van der Waals surface area contributed by atoms with Crippen LogP contribution in [-0.4, -0.2) is 48.4 Å². The van der Waals surface area contributed by atoms with Crippen molar-refractivity contribution in [2.24, 2.45) is 5.92 Å². The lowest BCUT2D eigenvalue weighted by molar-refractivity contribution is -0.127. The number of rotatable bonds is 7. The molecule has 2 fully saturated rings. The molecule has 29 heavy (non-hydrogen) atoms. The molecule has 1 aliphatic carbocycles. The Morgan fingerprint density at radius 3 is 2.66 bits per heavy atom. The Morgan fingerprint density at radius 2 is 2.07 bits per heavy atom. The zero-order valence-electron chi connectivity index (χ0n) is 18.1. The molecule has 1 amide bonds. The fraction of sp³-hybridized carbons (Fsp3) is 0.565. The number of nitrogens with zero attached hydrogens (tertiary/aromatic N) is 3. The van der Waals surface area contributed by atoms with Crippen LogP contribution in [0.1, 0.15) is 50.2 Å². The van der Waals surface area contributed by atoms with E-state index in [-0.39, 0.29) is 17.5 Å². The summed E-state index contributed by atoms with van der Waals surface area (Å²) in [5.41, 5.74) is 3.56. The van der Waals surface area contributed by atoms with Gasteiger partial charge >= 0.3 is 0 Å². The third kappa shape index (κ3) is 4.57. The van der Waals surface area contributed by atoms with Crippen molar-refractivity contribution in [3.63, 3.8) is 0 Å². The first-order valence-corrected chi connectivity index (χ1v) is 10.7. The largest absolute Gasteiger partial charge is 0.508 e. The zero-order chi connectivity index (χ0) is 21.1. The normalized spacial score (nSPS) is 18.6. The zero-order valence-corrected chi connectivity index (χ0v) is 18.1. The number of carbonyl (C=O) groups excluding carboxylic acids is 1. The van der Waals surface area contributed by atoms with Gasteiger partial charge in [0.05, 0.1) is 0 Å². The van der Waals surface area contributed by atoms with Gasteiger partial charge in [-0.1, -0.05) is 18.8 Å². The number of phenols is 1. The topological polar surface area (TPSA) is 78.1 Å². The molecule has 1 aliphatic heterocycles. The molecule has 1 aromatic carbocycles. The van der Waals surface area contributed by atoms with Crippen molar-refractivity contribution < 1.29 is 9.90 Å². The summed E-state index contributed by atoms with van der Waals surface area (Å²) in [5.74, 6) is 0.767. The Morgan fingerprint density at radius 1 is 1.34 bits per heavy atom. The molecule has 0 unspecified atom stereocenters. The van der Waals surface area contributed by atoms with E-state index in [1.54, 1.807) is 18.0 Å². The van der Waals surface area contributed by atoms with Crippen molar-refractivity contribution in [1.29, 1.82) is 0 Å². The van der Waals surface area contributed by atoms with Gasteiger partial charge in [0.1, 0.15) is 11.4 Å². The van der Waals surface area contributed by atoms with Crippen LogP contribution < -0.4 is 10.2 Å². The van der Waals surface area contributed by atoms with Crippen LogP contribution in [0.25, 0.3) is 5.41 Å². The van der Waals surface area contributed by atoms with Gasteiger partial charge in [0.15, 0.2) is 0 Å². The summed E-state index contributed by atoms with van der Waals surface area (Å²) in [6.07, 6.45) is 4.70. The average Bonchev–Trinajstić information content (AvgIpc) is 3.47. The highest BCUT2D eigenvalue weighted by atomic mass is 16.3. The monoisotopic (exact) mass is 397 g/mol. The number of piperidine rings is 1. The maximum atomic E-state index is 13.3. The Hall–Kier alpha value is -2.50. The maximum absolute atomic E-state index is 13.3. The van der Waals surface area contributed by atoms with E-state index >= 15 is 0 Å². The molecule has 0 radical (unpaired) electrons. The van der Waals surface area contributed by atoms with Crippen molar-refractivity contribution >= 4 is 17.4 Å². The van der Waals surface area contributed by atoms with Gasteiger partial charge in [-0.15, -0.1) is 0 Å². The van der Waals surface area contributed by atoms with Crippen molar-refractivity contribution in [2.45, 2.75) is 52.9 Å². The fourth-order valence-electron chi connectivity index (χ4n) is 4.24. The van der Waals surface area contributed by atoms with E-state index in [2.05, 4.69) is 12.2 Å². The van der Waals surface area contributed by atoms with Gasteiger partial charge in [-0.05, 0) is 81.2 Å². The van der Waals surface area contributed by atoms with Gasteiger partial charge in [0.25, 0.3) is 5.91 Å². The number of nitrogens with one attached hydrogen (secondary N) is 1. The second kappa shape index (κ2) is 8.89. The number of carbonyl (C=O) groups is 1. The van der Waals surface area contributed by atoms with Gasteiger partial charge in [-0.3, -0.25) is 4.79 Å². The van der Waals surface area contributed by atoms with Crippen LogP contribution in [0.5, 0.6) is 5.75 Å². The average molecular weight is 398 g/mol. The summed E-state index contributed by atoms with van der Waals surface area (Å²) in [4.78, 5) is 17.0. The minimum atomic E-state index is -0.0468. The number of hydrogen-bond acceptors (Lipinski definition) is 3. The molecule has 158 valence electrons. The van der Waals surface area contributed by atoms with E-state index in [1.807, 2.05) is 24.8 Å². The van der Waals surface area contributed by atoms with E-state index < -0.39 is 0 Å². The van der Waals surface area contributed by atoms with Crippen LogP contribution >= 0.6 is 0 Å². The minimum absolute atomic E-state index is 0.0468. The quantitative estimate of drug-likeness (QED) is 0.688. The second-order valence-corrected chi connectivity index (χ2v) is 8.33. The van der Waals surface area contributed by atoms with Gasteiger partial charge in [-0.25, -0.2) is 0 Å². The highest BCUT2D eigenvalue weighted by molar-refractivity contribution is 6.16. The first kappa shape index (κ1) is 21.2. The highest BCUT2D eigenvalue weighted by Crippen LogP contribution is 2.36. The summed E-state index contributed by atoms with van der Waals surface area (Å²) in [6.45, 7) is 8.04. The van der Waals surface area contributed by atoms with E-state index in [0.717, 1.165) is 37.1 Å². The number of aryl methyl sites for hydroxylation is 2. The Balaban J connectivity index is 1.93. The first-order valence-electron chi connectivity index (χ1n) is 10.7. The van der Waals surface area contributed by atoms with Crippen LogP contribution in [0, 0.1) is 19.8 Å². The summed E-state index contributed by atoms with van der Waals surface area (Å²) in [6, 6.07) is 3.69. The van der Waals surface area contributed by atoms with Crippen LogP contribution in [0.2, 0.25) is 0 Å². The third-order valence-electron chi connectivity index (χ3n) is 5.75. The molecule has 3 rings (SSSR count). The van der Waals surface area contributed by atoms with Crippen molar-refractivity contribution in [3.8, 4) is 5.75 Å². The lowest BCUT2D eigenvalue weighted by Crippen LogP contribution is -2.42. The molecule has 1 saturated heterocycles. The predicted molar refractivity (Wildman–Crippen MR) is 118 cm³/mol. The summed E-state index contributed by atoms with van der Waals surface area (Å²) in [7, 11) is 1.74. The molecular formula is C23H33N4O2-. The van der Waals surface area contributed by atoms with Crippen LogP contribution in [-0.2, 0) is 4.79 Å². The molecule has 0 bridgehead atoms. The number of amidine groups is 1. The van der Waals surface area contributed by atoms with Gasteiger partial charge in [-0.2, -0.15) is 0 Å². The Kier molecular flexibility index (Phi) is 6.50. The smallest absolute Gasteiger partial charge is 0.270 e. The predicted octanol–water partition coefficient (Wildman–Crippen LogP) is 3.70. The molecule has 6 nitrogen and oxygen atoms in total. The van der Waals surface area contributed by atoms with Crippen molar-refractivity contribution in [3.05, 3.63) is 39.9 Å². The first-order chi connectivity index (χ1) is 13.9. The summed E-state index contributed by atoms with van der Waals surface area (Å²) >= 11 is 0. The standard InChI is InChI=1S/C23H33N4O2/c1-5-10-26(14-17-8-9-17)23(29)20(25-4)18-7-6-11-27(22(18)24)21-16(3)12-15(2)13-19(21)28/h12-13,17,25,28H,5-11,14H2,1-4H3/q-1/b20-18-. The van der Waals surface area contributed by atoms with Crippen LogP contribution in [0.4, 0.5) is 5.69 Å². The summed E-state index contributed by atoms with van der Waals surface area (Å²) < 4.78 is 0. The van der Waals surface area contributed by atoms with E-state index in [1.165, 1.54) is 12.8 Å². The third-order valence-corrected chi connectivity index (χ3v) is 5.75. The van der Waals surface area contributed by atoms with E-state index in [0.29, 0.717) is 35.8 Å². The molecular weight excluding hydrogens is 364 g/mol. The number of anilines is 1. The number of amides is 1. The molecule has 1 heterocycles. The number of hydrogen-bond donors (Lipinski definition) is 2. The molecule has 0 spiro atoms. The van der Waals surface area contributed by atoms with Crippen LogP contribution in [0.15, 0.2) is 23.4 Å². The molecule has 0 atom stereocenters. The number of phenolic OH excluding ortho intramolecular Hbond substituents is 1. The van der Waals surface area contributed by atoms with E-state index in [4.69, 9.17) is 0 Å².